The van der Waals surface area contributed by atoms with E-state index in [1.165, 1.54) is 4.31 Å². The first-order valence-electron chi connectivity index (χ1n) is 9.66. The first-order chi connectivity index (χ1) is 12.6. The predicted octanol–water partition coefficient (Wildman–Crippen LogP) is 2.70. The van der Waals surface area contributed by atoms with Gasteiger partial charge < -0.3 is 11.1 Å². The largest absolute Gasteiger partial charge is 0.349 e. The van der Waals surface area contributed by atoms with Gasteiger partial charge in [0.1, 0.15) is 0 Å². The summed E-state index contributed by atoms with van der Waals surface area (Å²) in [6.07, 6.45) is 1.87. The third-order valence-electron chi connectivity index (χ3n) is 5.22. The maximum absolute atomic E-state index is 12.8. The maximum atomic E-state index is 12.8. The number of nitrogens with two attached hydrogens (primary N) is 1. The second-order valence-electron chi connectivity index (χ2n) is 8.34. The van der Waals surface area contributed by atoms with E-state index in [1.807, 2.05) is 13.8 Å². The third kappa shape index (κ3) is 6.17. The minimum absolute atomic E-state index is 0. The molecule has 1 aliphatic rings. The molecule has 0 spiro atoms. The molecule has 1 heterocycles. The lowest BCUT2D eigenvalue weighted by atomic mass is 9.89. The van der Waals surface area contributed by atoms with Crippen LogP contribution < -0.4 is 11.1 Å². The van der Waals surface area contributed by atoms with Crippen molar-refractivity contribution in [2.45, 2.75) is 57.4 Å². The Morgan fingerprint density at radius 3 is 2.25 bits per heavy atom. The average molecular weight is 432 g/mol. The standard InChI is InChI=1S/C20H33N3O3S.ClH/c1-15(2)13-20(4,14-21)22-19(24)17-9-11-23(12-10-17)27(25,26)18-7-5-16(3)6-8-18;/h5-8,15,17H,9-14,21H2,1-4H3,(H,22,24);1H. The highest BCUT2D eigenvalue weighted by atomic mass is 35.5. The highest BCUT2D eigenvalue weighted by Crippen LogP contribution is 2.25. The molecule has 1 unspecified atom stereocenters. The van der Waals surface area contributed by atoms with Gasteiger partial charge in [0, 0.05) is 31.1 Å². The van der Waals surface area contributed by atoms with Crippen LogP contribution in [0.4, 0.5) is 0 Å². The molecule has 1 aromatic rings. The predicted molar refractivity (Wildman–Crippen MR) is 115 cm³/mol. The number of sulfonamides is 1. The summed E-state index contributed by atoms with van der Waals surface area (Å²) in [5.74, 6) is 0.240. The van der Waals surface area contributed by atoms with Crippen LogP contribution in [0.2, 0.25) is 0 Å². The molecular weight excluding hydrogens is 398 g/mol. The fraction of sp³-hybridized carbons (Fsp3) is 0.650. The van der Waals surface area contributed by atoms with E-state index in [1.54, 1.807) is 24.3 Å². The van der Waals surface area contributed by atoms with Crippen molar-refractivity contribution in [2.24, 2.45) is 17.6 Å². The first kappa shape index (κ1) is 24.9. The highest BCUT2D eigenvalue weighted by molar-refractivity contribution is 7.89. The van der Waals surface area contributed by atoms with E-state index in [0.29, 0.717) is 43.3 Å². The van der Waals surface area contributed by atoms with E-state index in [2.05, 4.69) is 19.2 Å². The highest BCUT2D eigenvalue weighted by Gasteiger charge is 2.34. The summed E-state index contributed by atoms with van der Waals surface area (Å²) in [6.45, 7) is 9.22. The van der Waals surface area contributed by atoms with E-state index in [9.17, 15) is 13.2 Å². The van der Waals surface area contributed by atoms with Crippen LogP contribution in [0.3, 0.4) is 0 Å². The topological polar surface area (TPSA) is 92.5 Å². The van der Waals surface area contributed by atoms with Gasteiger partial charge in [-0.2, -0.15) is 4.31 Å². The number of aryl methyl sites for hydroxylation is 1. The zero-order valence-electron chi connectivity index (χ0n) is 17.3. The Hall–Kier alpha value is -1.15. The average Bonchev–Trinajstić information content (AvgIpc) is 2.61. The Morgan fingerprint density at radius 1 is 1.25 bits per heavy atom. The second-order valence-corrected chi connectivity index (χ2v) is 10.3. The lowest BCUT2D eigenvalue weighted by molar-refractivity contribution is -0.128. The van der Waals surface area contributed by atoms with Gasteiger partial charge in [0.05, 0.1) is 4.90 Å². The number of carbonyl (C=O) groups is 1. The van der Waals surface area contributed by atoms with E-state index in [4.69, 9.17) is 5.73 Å². The SMILES string of the molecule is Cc1ccc(S(=O)(=O)N2CCC(C(=O)NC(C)(CN)CC(C)C)CC2)cc1.Cl. The molecule has 28 heavy (non-hydrogen) atoms. The molecule has 0 saturated carbocycles. The molecule has 160 valence electrons. The van der Waals surface area contributed by atoms with Crippen LogP contribution in [0, 0.1) is 18.8 Å². The van der Waals surface area contributed by atoms with E-state index in [0.717, 1.165) is 12.0 Å². The first-order valence-corrected chi connectivity index (χ1v) is 11.1. The molecule has 0 aliphatic carbocycles. The van der Waals surface area contributed by atoms with Gasteiger partial charge in [-0.1, -0.05) is 31.5 Å². The molecule has 0 aromatic heterocycles. The van der Waals surface area contributed by atoms with Gasteiger partial charge >= 0.3 is 0 Å². The smallest absolute Gasteiger partial charge is 0.243 e. The lowest BCUT2D eigenvalue weighted by Crippen LogP contribution is -2.54. The molecule has 1 amide bonds. The van der Waals surface area contributed by atoms with Crippen molar-refractivity contribution in [2.75, 3.05) is 19.6 Å². The number of halogens is 1. The third-order valence-corrected chi connectivity index (χ3v) is 7.13. The lowest BCUT2D eigenvalue weighted by Gasteiger charge is -2.35. The van der Waals surface area contributed by atoms with Gasteiger partial charge in [-0.05, 0) is 51.2 Å². The molecule has 1 aromatic carbocycles. The Kier molecular flexibility index (Phi) is 8.93. The Balaban J connectivity index is 0.00000392. The van der Waals surface area contributed by atoms with E-state index in [-0.39, 0.29) is 24.2 Å². The molecular formula is C20H34ClN3O3S. The van der Waals surface area contributed by atoms with Gasteiger partial charge in [-0.3, -0.25) is 4.79 Å². The number of carbonyl (C=O) groups excluding carboxylic acids is 1. The summed E-state index contributed by atoms with van der Waals surface area (Å²) in [5.41, 5.74) is 6.49. The number of nitrogens with zero attached hydrogens (tertiary/aromatic N) is 1. The van der Waals surface area contributed by atoms with Crippen molar-refractivity contribution in [1.29, 1.82) is 0 Å². The van der Waals surface area contributed by atoms with Crippen LogP contribution >= 0.6 is 12.4 Å². The van der Waals surface area contributed by atoms with Crippen LogP contribution in [0.5, 0.6) is 0 Å². The van der Waals surface area contributed by atoms with Gasteiger partial charge in [-0.15, -0.1) is 12.4 Å². The van der Waals surface area contributed by atoms with E-state index < -0.39 is 15.6 Å². The molecule has 6 nitrogen and oxygen atoms in total. The van der Waals surface area contributed by atoms with Gasteiger partial charge in [0.15, 0.2) is 0 Å². The molecule has 8 heteroatoms. The molecule has 1 fully saturated rings. The zero-order valence-corrected chi connectivity index (χ0v) is 18.9. The molecule has 0 bridgehead atoms. The summed E-state index contributed by atoms with van der Waals surface area (Å²) >= 11 is 0. The summed E-state index contributed by atoms with van der Waals surface area (Å²) in [7, 11) is -3.50. The quantitative estimate of drug-likeness (QED) is 0.694. The summed E-state index contributed by atoms with van der Waals surface area (Å²) in [6, 6.07) is 6.88. The minimum Gasteiger partial charge on any atom is -0.349 e. The van der Waals surface area contributed by atoms with Crippen molar-refractivity contribution in [3.63, 3.8) is 0 Å². The van der Waals surface area contributed by atoms with Crippen molar-refractivity contribution in [3.8, 4) is 0 Å². The summed E-state index contributed by atoms with van der Waals surface area (Å²) < 4.78 is 27.0. The maximum Gasteiger partial charge on any atom is 0.243 e. The van der Waals surface area contributed by atoms with Crippen LogP contribution in [-0.4, -0.2) is 43.8 Å². The van der Waals surface area contributed by atoms with E-state index >= 15 is 0 Å². The molecule has 1 saturated heterocycles. The number of benzene rings is 1. The Labute approximate surface area is 175 Å². The van der Waals surface area contributed by atoms with Crippen LogP contribution in [0.1, 0.15) is 45.6 Å². The monoisotopic (exact) mass is 431 g/mol. The number of hydrogen-bond acceptors (Lipinski definition) is 4. The summed E-state index contributed by atoms with van der Waals surface area (Å²) in [4.78, 5) is 13.0. The van der Waals surface area contributed by atoms with Gasteiger partial charge in [-0.25, -0.2) is 8.42 Å². The number of amides is 1. The van der Waals surface area contributed by atoms with Crippen LogP contribution in [-0.2, 0) is 14.8 Å². The molecule has 1 aliphatic heterocycles. The zero-order chi connectivity index (χ0) is 20.2. The fourth-order valence-corrected chi connectivity index (χ4v) is 5.17. The van der Waals surface area contributed by atoms with Gasteiger partial charge in [0.25, 0.3) is 0 Å². The van der Waals surface area contributed by atoms with Gasteiger partial charge in [0.2, 0.25) is 15.9 Å². The van der Waals surface area contributed by atoms with Crippen molar-refractivity contribution >= 4 is 28.3 Å². The molecule has 3 N–H and O–H groups in total. The molecule has 1 atom stereocenters. The Morgan fingerprint density at radius 2 is 1.79 bits per heavy atom. The minimum atomic E-state index is -3.50. The van der Waals surface area contributed by atoms with Crippen LogP contribution in [0.15, 0.2) is 29.2 Å². The van der Waals surface area contributed by atoms with Crippen molar-refractivity contribution < 1.29 is 13.2 Å². The normalized spacial score (nSPS) is 18.4. The molecule has 0 radical (unpaired) electrons. The van der Waals surface area contributed by atoms with Crippen molar-refractivity contribution in [3.05, 3.63) is 29.8 Å². The molecule has 2 rings (SSSR count). The number of hydrogen-bond donors (Lipinski definition) is 2. The number of rotatable bonds is 7. The van der Waals surface area contributed by atoms with Crippen LogP contribution in [0.25, 0.3) is 0 Å². The number of nitrogens with one attached hydrogen (secondary N) is 1. The Bertz CT molecular complexity index is 744. The second kappa shape index (κ2) is 10.1. The number of piperidine rings is 1. The summed E-state index contributed by atoms with van der Waals surface area (Å²) in [5, 5.41) is 3.10. The van der Waals surface area contributed by atoms with Crippen molar-refractivity contribution in [1.82, 2.24) is 9.62 Å². The fourth-order valence-electron chi connectivity index (χ4n) is 3.70.